The van der Waals surface area contributed by atoms with Gasteiger partial charge in [0.2, 0.25) is 0 Å². The Morgan fingerprint density at radius 2 is 1.88 bits per heavy atom. The number of nitrogens with zero attached hydrogens (tertiary/aromatic N) is 2. The number of hydrogen-bond donors (Lipinski definition) is 2. The van der Waals surface area contributed by atoms with Gasteiger partial charge >= 0.3 is 5.97 Å². The summed E-state index contributed by atoms with van der Waals surface area (Å²) in [6.07, 6.45) is 2.75. The summed E-state index contributed by atoms with van der Waals surface area (Å²) in [6, 6.07) is 14.7. The molecule has 6 nitrogen and oxygen atoms in total. The first kappa shape index (κ1) is 21.8. The fourth-order valence-electron chi connectivity index (χ4n) is 6.53. The highest BCUT2D eigenvalue weighted by molar-refractivity contribution is 5.87. The van der Waals surface area contributed by atoms with Crippen molar-refractivity contribution in [3.63, 3.8) is 0 Å². The molecule has 0 radical (unpaired) electrons. The zero-order chi connectivity index (χ0) is 23.4. The second-order valence-electron chi connectivity index (χ2n) is 9.90. The van der Waals surface area contributed by atoms with Gasteiger partial charge < -0.3 is 14.8 Å². The molecular formula is C27H30FN3O3. The molecule has 0 unspecified atom stereocenters. The number of nitrogens with one attached hydrogen (secondary N) is 1. The van der Waals surface area contributed by atoms with E-state index < -0.39 is 6.04 Å². The predicted molar refractivity (Wildman–Crippen MR) is 127 cm³/mol. The van der Waals surface area contributed by atoms with E-state index in [-0.39, 0.29) is 36.0 Å². The molecule has 2 aromatic carbocycles. The van der Waals surface area contributed by atoms with Gasteiger partial charge in [0.1, 0.15) is 11.9 Å². The highest BCUT2D eigenvalue weighted by Gasteiger charge is 2.49. The number of β-amino-alcohol motifs (C(OH)–C–C–N with tert-alkyl or cyclic N) is 1. The number of piperidine rings is 1. The largest absolute Gasteiger partial charge is 0.468 e. The second kappa shape index (κ2) is 8.48. The molecule has 3 aliphatic rings. The van der Waals surface area contributed by atoms with Gasteiger partial charge in [0, 0.05) is 48.2 Å². The molecular weight excluding hydrogens is 433 g/mol. The molecule has 7 heteroatoms. The number of carbonyl (C=O) groups excluding carboxylic acids is 1. The lowest BCUT2D eigenvalue weighted by Gasteiger charge is -2.52. The van der Waals surface area contributed by atoms with Gasteiger partial charge in [0.05, 0.1) is 19.3 Å². The Kier molecular flexibility index (Phi) is 5.43. The lowest BCUT2D eigenvalue weighted by Crippen LogP contribution is -2.56. The van der Waals surface area contributed by atoms with Crippen LogP contribution >= 0.6 is 0 Å². The maximum absolute atomic E-state index is 13.8. The number of benzene rings is 2. The summed E-state index contributed by atoms with van der Waals surface area (Å²) < 4.78 is 19.1. The summed E-state index contributed by atoms with van der Waals surface area (Å²) in [4.78, 5) is 21.5. The Balaban J connectivity index is 1.49. The minimum atomic E-state index is -0.415. The number of fused-ring (bicyclic) bond motifs is 5. The number of likely N-dealkylation sites (tertiary alicyclic amines) is 1. The number of halogens is 1. The van der Waals surface area contributed by atoms with E-state index >= 15 is 0 Å². The van der Waals surface area contributed by atoms with Crippen molar-refractivity contribution in [3.05, 3.63) is 71.2 Å². The van der Waals surface area contributed by atoms with E-state index in [0.717, 1.165) is 48.0 Å². The first-order valence-electron chi connectivity index (χ1n) is 12.2. The predicted octanol–water partition coefficient (Wildman–Crippen LogP) is 3.72. The van der Waals surface area contributed by atoms with Gasteiger partial charge in [-0.1, -0.05) is 30.3 Å². The Bertz CT molecular complexity index is 1210. The molecule has 2 N–H and O–H groups in total. The van der Waals surface area contributed by atoms with Crippen LogP contribution in [0.1, 0.15) is 48.2 Å². The fourth-order valence-corrected chi connectivity index (χ4v) is 6.53. The molecule has 178 valence electrons. The number of methoxy groups -OCH3 is 1. The average Bonchev–Trinajstić information content (AvgIpc) is 3.46. The third kappa shape index (κ3) is 3.54. The van der Waals surface area contributed by atoms with Crippen LogP contribution in [0.2, 0.25) is 0 Å². The summed E-state index contributed by atoms with van der Waals surface area (Å²) >= 11 is 0. The molecule has 2 fully saturated rings. The number of para-hydroxylation sites is 1. The molecule has 5 atom stereocenters. The molecule has 2 saturated heterocycles. The highest BCUT2D eigenvalue weighted by Crippen LogP contribution is 2.50. The minimum Gasteiger partial charge on any atom is -0.468 e. The molecule has 3 aromatic rings. The van der Waals surface area contributed by atoms with E-state index in [0.29, 0.717) is 13.0 Å². The molecule has 3 aliphatic heterocycles. The summed E-state index contributed by atoms with van der Waals surface area (Å²) in [5.74, 6) is -0.500. The van der Waals surface area contributed by atoms with Crippen molar-refractivity contribution in [2.24, 2.45) is 0 Å². The van der Waals surface area contributed by atoms with Crippen LogP contribution in [-0.2, 0) is 16.0 Å². The topological polar surface area (TPSA) is 68.8 Å². The van der Waals surface area contributed by atoms with Gasteiger partial charge in [-0.3, -0.25) is 14.6 Å². The van der Waals surface area contributed by atoms with Crippen LogP contribution in [0, 0.1) is 5.82 Å². The summed E-state index contributed by atoms with van der Waals surface area (Å²) in [6.45, 7) is 1.54. The lowest BCUT2D eigenvalue weighted by molar-refractivity contribution is -0.152. The smallest absolute Gasteiger partial charge is 0.323 e. The Labute approximate surface area is 198 Å². The number of aromatic amines is 1. The van der Waals surface area contributed by atoms with E-state index in [4.69, 9.17) is 4.74 Å². The number of aliphatic hydroxyl groups excluding tert-OH is 1. The van der Waals surface area contributed by atoms with Crippen molar-refractivity contribution in [2.75, 3.05) is 20.2 Å². The Hall–Kier alpha value is -2.74. The van der Waals surface area contributed by atoms with Crippen molar-refractivity contribution >= 4 is 16.9 Å². The van der Waals surface area contributed by atoms with Crippen LogP contribution in [0.15, 0.2) is 48.5 Å². The van der Waals surface area contributed by atoms with E-state index in [1.807, 2.05) is 24.3 Å². The molecule has 34 heavy (non-hydrogen) atoms. The van der Waals surface area contributed by atoms with Crippen LogP contribution in [0.3, 0.4) is 0 Å². The van der Waals surface area contributed by atoms with Gasteiger partial charge in [0.25, 0.3) is 0 Å². The maximum Gasteiger partial charge on any atom is 0.323 e. The van der Waals surface area contributed by atoms with Crippen LogP contribution < -0.4 is 0 Å². The molecule has 0 bridgehead atoms. The summed E-state index contributed by atoms with van der Waals surface area (Å²) in [5.41, 5.74) is 4.43. The SMILES string of the molecule is COC(=O)[C@@H]1Cc2c([nH]c3ccccc23)[C@H]2C[C@H](N3CC[C@@H](O)C3)C[C@@H](c3ccc(F)cc3)N21. The molecule has 0 saturated carbocycles. The fraction of sp³-hybridized carbons (Fsp3) is 0.444. The zero-order valence-corrected chi connectivity index (χ0v) is 19.3. The molecule has 0 spiro atoms. The molecule has 4 heterocycles. The monoisotopic (exact) mass is 463 g/mol. The number of ether oxygens (including phenoxy) is 1. The van der Waals surface area contributed by atoms with Crippen molar-refractivity contribution in [1.29, 1.82) is 0 Å². The molecule has 0 aliphatic carbocycles. The second-order valence-corrected chi connectivity index (χ2v) is 9.90. The third-order valence-electron chi connectivity index (χ3n) is 8.09. The van der Waals surface area contributed by atoms with Crippen LogP contribution in [0.25, 0.3) is 10.9 Å². The highest BCUT2D eigenvalue weighted by atomic mass is 19.1. The van der Waals surface area contributed by atoms with E-state index in [9.17, 15) is 14.3 Å². The third-order valence-corrected chi connectivity index (χ3v) is 8.09. The van der Waals surface area contributed by atoms with Crippen molar-refractivity contribution in [2.45, 2.75) is 56.0 Å². The molecule has 1 aromatic heterocycles. The summed E-state index contributed by atoms with van der Waals surface area (Å²) in [7, 11) is 1.45. The first-order valence-corrected chi connectivity index (χ1v) is 12.2. The van der Waals surface area contributed by atoms with Crippen LogP contribution in [0.5, 0.6) is 0 Å². The number of esters is 1. The van der Waals surface area contributed by atoms with E-state index in [2.05, 4.69) is 26.9 Å². The summed E-state index contributed by atoms with van der Waals surface area (Å²) in [5, 5.41) is 11.4. The molecule has 6 rings (SSSR count). The average molecular weight is 464 g/mol. The van der Waals surface area contributed by atoms with Gasteiger partial charge in [-0.25, -0.2) is 4.39 Å². The van der Waals surface area contributed by atoms with Crippen LogP contribution in [0.4, 0.5) is 4.39 Å². The van der Waals surface area contributed by atoms with Gasteiger partial charge in [-0.15, -0.1) is 0 Å². The number of carbonyl (C=O) groups is 1. The first-order chi connectivity index (χ1) is 16.5. The van der Waals surface area contributed by atoms with E-state index in [1.54, 1.807) is 0 Å². The van der Waals surface area contributed by atoms with E-state index in [1.165, 1.54) is 24.8 Å². The number of aromatic nitrogens is 1. The minimum absolute atomic E-state index is 0.00760. The van der Waals surface area contributed by atoms with Crippen molar-refractivity contribution in [1.82, 2.24) is 14.8 Å². The quantitative estimate of drug-likeness (QED) is 0.580. The lowest BCUT2D eigenvalue weighted by atomic mass is 9.79. The number of aliphatic hydroxyl groups is 1. The molecule has 0 amide bonds. The number of hydrogen-bond acceptors (Lipinski definition) is 5. The zero-order valence-electron chi connectivity index (χ0n) is 19.3. The van der Waals surface area contributed by atoms with Crippen molar-refractivity contribution in [3.8, 4) is 0 Å². The van der Waals surface area contributed by atoms with Gasteiger partial charge in [0.15, 0.2) is 0 Å². The number of H-pyrrole nitrogens is 1. The van der Waals surface area contributed by atoms with Gasteiger partial charge in [-0.2, -0.15) is 0 Å². The Morgan fingerprint density at radius 3 is 2.62 bits per heavy atom. The van der Waals surface area contributed by atoms with Crippen LogP contribution in [-0.4, -0.2) is 64.2 Å². The number of rotatable bonds is 3. The van der Waals surface area contributed by atoms with Gasteiger partial charge in [-0.05, 0) is 48.6 Å². The van der Waals surface area contributed by atoms with Crippen molar-refractivity contribution < 1.29 is 19.0 Å². The normalized spacial score (nSPS) is 29.7. The standard InChI is InChI=1S/C27H30FN3O3/c1-34-27(33)25-14-21-20-4-2-3-5-22(20)29-26(21)24-13-18(30-11-10-19(32)15-30)12-23(31(24)25)16-6-8-17(28)9-7-16/h2-9,18-19,23-25,29,32H,10-15H2,1H3/t18-,19-,23+,24-,25+/m1/s1. The maximum atomic E-state index is 13.8. The Morgan fingerprint density at radius 1 is 1.12 bits per heavy atom.